The molecule has 0 aromatic rings. The topological polar surface area (TPSA) is 200 Å². The zero-order valence-corrected chi connectivity index (χ0v) is 33.0. The van der Waals surface area contributed by atoms with Gasteiger partial charge in [-0.15, -0.1) is 0 Å². The van der Waals surface area contributed by atoms with Crippen molar-refractivity contribution in [2.45, 2.75) is 181 Å². The summed E-state index contributed by atoms with van der Waals surface area (Å²) in [5, 5.41) is 71.7. The third-order valence-electron chi connectivity index (χ3n) is 11.8. The van der Waals surface area contributed by atoms with Crippen LogP contribution in [0.3, 0.4) is 0 Å². The van der Waals surface area contributed by atoms with E-state index in [1.807, 2.05) is 39.8 Å². The summed E-state index contributed by atoms with van der Waals surface area (Å²) in [6.07, 6.45) is -8.65. The first-order valence-corrected chi connectivity index (χ1v) is 18.6. The van der Waals surface area contributed by atoms with Crippen molar-refractivity contribution >= 4 is 11.7 Å². The molecular weight excluding hydrogens is 664 g/mol. The van der Waals surface area contributed by atoms with Gasteiger partial charge in [0.05, 0.1) is 53.9 Å². The zero-order valence-electron chi connectivity index (χ0n) is 33.0. The molecule has 0 amide bonds. The summed E-state index contributed by atoms with van der Waals surface area (Å²) in [4.78, 5) is 16.0. The molecule has 298 valence electrons. The predicted molar refractivity (Wildman–Crippen MR) is 189 cm³/mol. The SMILES string of the molecule is CC[C@H]1OC(=O)[C@H](C)[C@@H](O[C@H]2CC(C)(C)[C@@H](O)[C@H](C)O2)[C@H](C)[C@@H](O[C@@H]2O[C@H](C)C[C@H](N(C)C)[C@H]2O)[C@](C)(O)C[C@@H](C)/C(=N\O)[C@H](C)[C@@H](O)[C@]1(C)O. The number of cyclic esters (lactones) is 1. The van der Waals surface area contributed by atoms with E-state index in [-0.39, 0.29) is 30.7 Å². The molecule has 14 heteroatoms. The first-order chi connectivity index (χ1) is 23.4. The van der Waals surface area contributed by atoms with Crippen LogP contribution in [-0.2, 0) is 28.5 Å². The van der Waals surface area contributed by atoms with Crippen LogP contribution in [0.1, 0.15) is 102 Å². The molecule has 0 radical (unpaired) electrons. The van der Waals surface area contributed by atoms with E-state index in [0.717, 1.165) is 0 Å². The van der Waals surface area contributed by atoms with Gasteiger partial charge in [0.25, 0.3) is 0 Å². The van der Waals surface area contributed by atoms with Gasteiger partial charge in [0, 0.05) is 30.2 Å². The maximum absolute atomic E-state index is 14.1. The lowest BCUT2D eigenvalue weighted by atomic mass is 9.73. The minimum atomic E-state index is -1.95. The van der Waals surface area contributed by atoms with E-state index >= 15 is 0 Å². The average Bonchev–Trinajstić information content (AvgIpc) is 3.02. The molecule has 0 aliphatic carbocycles. The normalized spacial score (nSPS) is 48.6. The van der Waals surface area contributed by atoms with E-state index in [2.05, 4.69) is 5.16 Å². The Hall–Kier alpha value is -1.46. The second kappa shape index (κ2) is 16.9. The van der Waals surface area contributed by atoms with Crippen molar-refractivity contribution < 1.29 is 59.2 Å². The van der Waals surface area contributed by atoms with Gasteiger partial charge in [-0.3, -0.25) is 4.79 Å². The van der Waals surface area contributed by atoms with Crippen LogP contribution in [0.4, 0.5) is 0 Å². The quantitative estimate of drug-likeness (QED) is 0.132. The number of aliphatic hydroxyl groups excluding tert-OH is 3. The Bertz CT molecular complexity index is 1180. The number of aliphatic hydroxyl groups is 5. The zero-order chi connectivity index (χ0) is 39.0. The molecule has 0 unspecified atom stereocenters. The summed E-state index contributed by atoms with van der Waals surface area (Å²) in [6.45, 7) is 18.9. The van der Waals surface area contributed by atoms with Crippen molar-refractivity contribution in [2.24, 2.45) is 34.2 Å². The van der Waals surface area contributed by atoms with Gasteiger partial charge in [0.15, 0.2) is 12.6 Å². The van der Waals surface area contributed by atoms with Gasteiger partial charge in [0.2, 0.25) is 0 Å². The number of carbonyl (C=O) groups excluding carboxylic acids is 1. The predicted octanol–water partition coefficient (Wildman–Crippen LogP) is 2.67. The highest BCUT2D eigenvalue weighted by atomic mass is 16.7. The van der Waals surface area contributed by atoms with Crippen molar-refractivity contribution in [1.82, 2.24) is 4.90 Å². The highest BCUT2D eigenvalue weighted by Crippen LogP contribution is 2.42. The fourth-order valence-electron chi connectivity index (χ4n) is 8.64. The lowest BCUT2D eigenvalue weighted by Crippen LogP contribution is -2.60. The first-order valence-electron chi connectivity index (χ1n) is 18.6. The highest BCUT2D eigenvalue weighted by Gasteiger charge is 2.52. The van der Waals surface area contributed by atoms with E-state index in [9.17, 15) is 35.5 Å². The van der Waals surface area contributed by atoms with E-state index in [1.165, 1.54) is 6.92 Å². The lowest BCUT2D eigenvalue weighted by molar-refractivity contribution is -0.312. The summed E-state index contributed by atoms with van der Waals surface area (Å²) in [5.74, 6) is -4.10. The van der Waals surface area contributed by atoms with Gasteiger partial charge in [0.1, 0.15) is 17.8 Å². The van der Waals surface area contributed by atoms with Crippen LogP contribution >= 0.6 is 0 Å². The number of ether oxygens (including phenoxy) is 5. The Balaban J connectivity index is 2.20. The summed E-state index contributed by atoms with van der Waals surface area (Å²) in [7, 11) is 3.72. The van der Waals surface area contributed by atoms with Crippen LogP contribution in [0.15, 0.2) is 5.16 Å². The maximum Gasteiger partial charge on any atom is 0.311 e. The van der Waals surface area contributed by atoms with Crippen LogP contribution in [0, 0.1) is 29.1 Å². The summed E-state index contributed by atoms with van der Waals surface area (Å²) < 4.78 is 31.6. The first kappa shape index (κ1) is 43.9. The highest BCUT2D eigenvalue weighted by molar-refractivity contribution is 5.88. The van der Waals surface area contributed by atoms with Crippen LogP contribution in [-0.4, -0.2) is 140 Å². The maximum atomic E-state index is 14.1. The molecule has 3 fully saturated rings. The van der Waals surface area contributed by atoms with Gasteiger partial charge in [-0.25, -0.2) is 0 Å². The Labute approximate surface area is 304 Å². The van der Waals surface area contributed by atoms with Crippen molar-refractivity contribution in [1.29, 1.82) is 0 Å². The van der Waals surface area contributed by atoms with E-state index in [1.54, 1.807) is 48.5 Å². The van der Waals surface area contributed by atoms with Crippen LogP contribution in [0.5, 0.6) is 0 Å². The number of carbonyl (C=O) groups is 1. The molecular formula is C37H68N2O12. The number of hydrogen-bond donors (Lipinski definition) is 6. The molecule has 0 spiro atoms. The minimum Gasteiger partial charge on any atom is -0.459 e. The second-order valence-corrected chi connectivity index (χ2v) is 17.1. The molecule has 51 heavy (non-hydrogen) atoms. The summed E-state index contributed by atoms with van der Waals surface area (Å²) in [5.41, 5.74) is -4.16. The van der Waals surface area contributed by atoms with Gasteiger partial charge < -0.3 is 59.3 Å². The fraction of sp³-hybridized carbons (Fsp3) is 0.946. The molecule has 0 aromatic carbocycles. The Morgan fingerprint density at radius 1 is 0.902 bits per heavy atom. The third-order valence-corrected chi connectivity index (χ3v) is 11.8. The van der Waals surface area contributed by atoms with Crippen molar-refractivity contribution in [3.63, 3.8) is 0 Å². The Kier molecular flexibility index (Phi) is 14.6. The molecule has 6 N–H and O–H groups in total. The van der Waals surface area contributed by atoms with Crippen LogP contribution in [0.2, 0.25) is 0 Å². The summed E-state index contributed by atoms with van der Waals surface area (Å²) in [6, 6.07) is -0.308. The lowest BCUT2D eigenvalue weighted by Gasteiger charge is -2.49. The van der Waals surface area contributed by atoms with Gasteiger partial charge >= 0.3 is 5.97 Å². The van der Waals surface area contributed by atoms with Gasteiger partial charge in [-0.2, -0.15) is 0 Å². The monoisotopic (exact) mass is 732 g/mol. The molecule has 3 rings (SSSR count). The van der Waals surface area contributed by atoms with Crippen molar-refractivity contribution in [3.8, 4) is 0 Å². The van der Waals surface area contributed by atoms with Crippen LogP contribution in [0.25, 0.3) is 0 Å². The molecule has 3 saturated heterocycles. The minimum absolute atomic E-state index is 0.0466. The average molecular weight is 733 g/mol. The number of likely N-dealkylation sites (N-methyl/N-ethyl adjacent to an activating group) is 1. The van der Waals surface area contributed by atoms with Crippen molar-refractivity contribution in [2.75, 3.05) is 14.1 Å². The van der Waals surface area contributed by atoms with E-state index in [0.29, 0.717) is 12.8 Å². The van der Waals surface area contributed by atoms with Gasteiger partial charge in [-0.1, -0.05) is 46.7 Å². The van der Waals surface area contributed by atoms with E-state index < -0.39 is 102 Å². The molecule has 3 aliphatic heterocycles. The Morgan fingerprint density at radius 3 is 2.04 bits per heavy atom. The standard InChI is InChI=1S/C37H68N2O12/c1-14-25-37(11,45)30(41)20(4)27(38-46)18(2)16-36(10,44)32(51-34-28(40)24(39(12)13)15-19(3)47-34)21(5)29(22(6)33(43)49-25)50-26-17-35(8,9)31(42)23(7)48-26/h18-26,28-32,34,40-42,44-46H,14-17H2,1-13H3/b38-27+/t18-,19-,20+,21+,22-,23+,24+,25-,26+,28-,29+,30-,31+,32-,34+,36-,37-/m1/s1. The summed E-state index contributed by atoms with van der Waals surface area (Å²) >= 11 is 0. The smallest absolute Gasteiger partial charge is 0.311 e. The Morgan fingerprint density at radius 2 is 1.51 bits per heavy atom. The number of nitrogens with zero attached hydrogens (tertiary/aromatic N) is 2. The molecule has 3 heterocycles. The molecule has 17 atom stereocenters. The van der Waals surface area contributed by atoms with Gasteiger partial charge in [-0.05, 0) is 73.4 Å². The molecule has 0 bridgehead atoms. The van der Waals surface area contributed by atoms with E-state index in [4.69, 9.17) is 23.7 Å². The van der Waals surface area contributed by atoms with Crippen molar-refractivity contribution in [3.05, 3.63) is 0 Å². The van der Waals surface area contributed by atoms with Crippen LogP contribution < -0.4 is 0 Å². The molecule has 14 nitrogen and oxygen atoms in total. The molecule has 0 saturated carbocycles. The molecule has 3 aliphatic rings. The third kappa shape index (κ3) is 9.62. The molecule has 0 aromatic heterocycles. The largest absolute Gasteiger partial charge is 0.459 e. The number of oxime groups is 1. The number of esters is 1. The number of rotatable bonds is 6. The fourth-order valence-corrected chi connectivity index (χ4v) is 8.64. The second-order valence-electron chi connectivity index (χ2n) is 17.1. The number of hydrogen-bond acceptors (Lipinski definition) is 14.